The summed E-state index contributed by atoms with van der Waals surface area (Å²) in [5.41, 5.74) is -0.697. The summed E-state index contributed by atoms with van der Waals surface area (Å²) in [7, 11) is -3.65. The monoisotopic (exact) mass is 419 g/mol. The van der Waals surface area contributed by atoms with Crippen molar-refractivity contribution >= 4 is 43.4 Å². The van der Waals surface area contributed by atoms with Crippen molar-refractivity contribution in [3.8, 4) is 0 Å². The third kappa shape index (κ3) is 3.74. The highest BCUT2D eigenvalue weighted by Crippen LogP contribution is 2.28. The minimum atomic E-state index is -3.65. The average molecular weight is 419 g/mol. The summed E-state index contributed by atoms with van der Waals surface area (Å²) in [5.74, 6) is 0. The molecule has 0 aliphatic rings. The molecule has 0 atom stereocenters. The maximum absolute atomic E-state index is 12.7. The van der Waals surface area contributed by atoms with Crippen molar-refractivity contribution in [1.82, 2.24) is 4.72 Å². The summed E-state index contributed by atoms with van der Waals surface area (Å²) in [6, 6.07) is 10.9. The van der Waals surface area contributed by atoms with Crippen LogP contribution in [-0.4, -0.2) is 25.7 Å². The molecule has 0 aliphatic heterocycles. The third-order valence-corrected chi connectivity index (χ3v) is 5.96. The Balaban J connectivity index is 2.54. The van der Waals surface area contributed by atoms with E-state index in [2.05, 4.69) is 27.3 Å². The third-order valence-electron chi connectivity index (χ3n) is 3.27. The number of aliphatic hydroxyl groups is 1. The van der Waals surface area contributed by atoms with Crippen LogP contribution in [0.15, 0.2) is 41.3 Å². The van der Waals surface area contributed by atoms with E-state index >= 15 is 0 Å². The Morgan fingerprint density at radius 3 is 2.38 bits per heavy atom. The molecular formula is C15H18INO3S. The van der Waals surface area contributed by atoms with Gasteiger partial charge in [0.2, 0.25) is 10.0 Å². The Hall–Kier alpha value is -0.700. The van der Waals surface area contributed by atoms with E-state index in [1.807, 2.05) is 24.3 Å². The number of halogens is 1. The number of hydrogen-bond acceptors (Lipinski definition) is 3. The van der Waals surface area contributed by atoms with Crippen LogP contribution in [0.4, 0.5) is 0 Å². The van der Waals surface area contributed by atoms with E-state index in [0.29, 0.717) is 11.8 Å². The molecular weight excluding hydrogens is 401 g/mol. The second-order valence-corrected chi connectivity index (χ2v) is 8.37. The number of fused-ring (bicyclic) bond motifs is 1. The van der Waals surface area contributed by atoms with Gasteiger partial charge in [-0.2, -0.15) is 0 Å². The first-order valence-electron chi connectivity index (χ1n) is 6.59. The van der Waals surface area contributed by atoms with Gasteiger partial charge in [0.25, 0.3) is 0 Å². The molecule has 21 heavy (non-hydrogen) atoms. The zero-order valence-corrected chi connectivity index (χ0v) is 14.9. The second-order valence-electron chi connectivity index (χ2n) is 5.55. The summed E-state index contributed by atoms with van der Waals surface area (Å²) >= 11 is 2.20. The predicted octanol–water partition coefficient (Wildman–Crippen LogP) is 2.88. The lowest BCUT2D eigenvalue weighted by Gasteiger charge is -2.25. The molecule has 0 aromatic heterocycles. The highest BCUT2D eigenvalue weighted by atomic mass is 127. The predicted molar refractivity (Wildman–Crippen MR) is 92.8 cm³/mol. The fourth-order valence-corrected chi connectivity index (χ4v) is 4.52. The van der Waals surface area contributed by atoms with Gasteiger partial charge in [0, 0.05) is 21.1 Å². The van der Waals surface area contributed by atoms with Gasteiger partial charge in [-0.15, -0.1) is 0 Å². The van der Waals surface area contributed by atoms with Crippen molar-refractivity contribution in [3.63, 3.8) is 0 Å². The van der Waals surface area contributed by atoms with E-state index in [0.717, 1.165) is 8.96 Å². The molecule has 0 unspecified atom stereocenters. The van der Waals surface area contributed by atoms with Crippen molar-refractivity contribution in [2.45, 2.75) is 30.7 Å². The van der Waals surface area contributed by atoms with Gasteiger partial charge in [0.15, 0.2) is 0 Å². The van der Waals surface area contributed by atoms with E-state index in [1.54, 1.807) is 26.0 Å². The number of aliphatic hydroxyl groups excluding tert-OH is 1. The molecule has 2 aromatic rings. The lowest BCUT2D eigenvalue weighted by Crippen LogP contribution is -2.43. The molecule has 0 saturated heterocycles. The molecule has 0 fully saturated rings. The Bertz CT molecular complexity index is 757. The van der Waals surface area contributed by atoms with Crippen molar-refractivity contribution in [2.24, 2.45) is 0 Å². The van der Waals surface area contributed by atoms with Crippen LogP contribution in [0.5, 0.6) is 0 Å². The zero-order chi connectivity index (χ0) is 15.7. The average Bonchev–Trinajstić information content (AvgIpc) is 2.37. The number of benzene rings is 2. The van der Waals surface area contributed by atoms with E-state index in [1.165, 1.54) is 0 Å². The summed E-state index contributed by atoms with van der Waals surface area (Å²) in [4.78, 5) is 0.268. The maximum atomic E-state index is 12.7. The van der Waals surface area contributed by atoms with Crippen molar-refractivity contribution in [1.29, 1.82) is 0 Å². The van der Waals surface area contributed by atoms with E-state index in [-0.39, 0.29) is 11.5 Å². The number of rotatable bonds is 5. The van der Waals surface area contributed by atoms with Crippen LogP contribution in [0, 0.1) is 3.57 Å². The van der Waals surface area contributed by atoms with E-state index < -0.39 is 15.6 Å². The van der Waals surface area contributed by atoms with Crippen LogP contribution < -0.4 is 4.72 Å². The van der Waals surface area contributed by atoms with Crippen LogP contribution in [0.3, 0.4) is 0 Å². The summed E-state index contributed by atoms with van der Waals surface area (Å²) in [6.45, 7) is 3.45. The van der Waals surface area contributed by atoms with Gasteiger partial charge in [-0.25, -0.2) is 13.1 Å². The van der Waals surface area contributed by atoms with Gasteiger partial charge < -0.3 is 5.11 Å². The van der Waals surface area contributed by atoms with Gasteiger partial charge >= 0.3 is 0 Å². The molecule has 2 rings (SSSR count). The first kappa shape index (κ1) is 16.7. The summed E-state index contributed by atoms with van der Waals surface area (Å²) < 4.78 is 29.0. The largest absolute Gasteiger partial charge is 0.396 e. The number of hydrogen-bond donors (Lipinski definition) is 2. The van der Waals surface area contributed by atoms with E-state index in [4.69, 9.17) is 5.11 Å². The molecule has 2 aromatic carbocycles. The smallest absolute Gasteiger partial charge is 0.241 e. The lowest BCUT2D eigenvalue weighted by atomic mass is 10.0. The fraction of sp³-hybridized carbons (Fsp3) is 0.333. The highest BCUT2D eigenvalue weighted by Gasteiger charge is 2.27. The van der Waals surface area contributed by atoms with Crippen molar-refractivity contribution < 1.29 is 13.5 Å². The van der Waals surface area contributed by atoms with Crippen LogP contribution in [0.1, 0.15) is 20.3 Å². The van der Waals surface area contributed by atoms with Crippen LogP contribution >= 0.6 is 22.6 Å². The van der Waals surface area contributed by atoms with Gasteiger partial charge in [-0.1, -0.05) is 24.3 Å². The maximum Gasteiger partial charge on any atom is 0.241 e. The minimum absolute atomic E-state index is 0.0665. The minimum Gasteiger partial charge on any atom is -0.396 e. The Morgan fingerprint density at radius 1 is 1.14 bits per heavy atom. The second kappa shape index (κ2) is 6.20. The van der Waals surface area contributed by atoms with Crippen LogP contribution in [0.2, 0.25) is 0 Å². The first-order chi connectivity index (χ1) is 9.77. The molecule has 6 heteroatoms. The Morgan fingerprint density at radius 2 is 1.76 bits per heavy atom. The summed E-state index contributed by atoms with van der Waals surface area (Å²) in [5, 5.41) is 10.7. The SMILES string of the molecule is CC(C)(CCO)NS(=O)(=O)c1ccc(I)c2ccccc12. The molecule has 0 aliphatic carbocycles. The fourth-order valence-electron chi connectivity index (χ4n) is 2.22. The molecule has 2 N–H and O–H groups in total. The highest BCUT2D eigenvalue weighted by molar-refractivity contribution is 14.1. The molecule has 0 bridgehead atoms. The lowest BCUT2D eigenvalue weighted by molar-refractivity contribution is 0.246. The number of sulfonamides is 1. The van der Waals surface area contributed by atoms with E-state index in [9.17, 15) is 8.42 Å². The molecule has 0 spiro atoms. The van der Waals surface area contributed by atoms with Gasteiger partial charge in [0.1, 0.15) is 0 Å². The molecule has 114 valence electrons. The zero-order valence-electron chi connectivity index (χ0n) is 11.9. The summed E-state index contributed by atoms with van der Waals surface area (Å²) in [6.07, 6.45) is 0.356. The topological polar surface area (TPSA) is 66.4 Å². The van der Waals surface area contributed by atoms with Crippen LogP contribution in [0.25, 0.3) is 10.8 Å². The van der Waals surface area contributed by atoms with Gasteiger partial charge in [0.05, 0.1) is 4.90 Å². The van der Waals surface area contributed by atoms with Crippen LogP contribution in [-0.2, 0) is 10.0 Å². The van der Waals surface area contributed by atoms with Gasteiger partial charge in [-0.3, -0.25) is 0 Å². The number of nitrogens with one attached hydrogen (secondary N) is 1. The normalized spacial score (nSPS) is 12.8. The first-order valence-corrected chi connectivity index (χ1v) is 9.15. The quantitative estimate of drug-likeness (QED) is 0.733. The Labute approximate surface area is 138 Å². The van der Waals surface area contributed by atoms with Crippen molar-refractivity contribution in [3.05, 3.63) is 40.0 Å². The molecule has 0 saturated carbocycles. The van der Waals surface area contributed by atoms with Crippen molar-refractivity contribution in [2.75, 3.05) is 6.61 Å². The standard InChI is InChI=1S/C15H18INO3S/c1-15(2,9-10-18)17-21(19,20)14-8-7-13(16)11-5-3-4-6-12(11)14/h3-8,17-18H,9-10H2,1-2H3. The molecule has 4 nitrogen and oxygen atoms in total. The molecule has 0 radical (unpaired) electrons. The Kier molecular flexibility index (Phi) is 4.92. The van der Waals surface area contributed by atoms with Gasteiger partial charge in [-0.05, 0) is 60.4 Å². The molecule has 0 amide bonds. The molecule has 0 heterocycles.